The molecule has 0 bridgehead atoms. The van der Waals surface area contributed by atoms with Crippen molar-refractivity contribution in [2.75, 3.05) is 13.2 Å². The van der Waals surface area contributed by atoms with Crippen LogP contribution in [0.2, 0.25) is 0 Å². The first-order chi connectivity index (χ1) is 14.1. The maximum absolute atomic E-state index is 12.5. The van der Waals surface area contributed by atoms with Crippen molar-refractivity contribution in [2.45, 2.75) is 19.9 Å². The van der Waals surface area contributed by atoms with E-state index in [9.17, 15) is 9.59 Å². The minimum absolute atomic E-state index is 0.179. The molecule has 0 radical (unpaired) electrons. The fourth-order valence-electron chi connectivity index (χ4n) is 2.88. The molecule has 0 N–H and O–H groups in total. The zero-order valence-electron chi connectivity index (χ0n) is 16.1. The SMILES string of the molecule is Cc1ccc(C(=O)OCC(=O)N(CCC#N)Cc2ccco2)cc1-n1cccc1. The van der Waals surface area contributed by atoms with Crippen LogP contribution in [0.1, 0.15) is 28.1 Å². The van der Waals surface area contributed by atoms with Crippen LogP contribution in [0.15, 0.2) is 65.5 Å². The molecule has 0 aliphatic rings. The molecule has 3 rings (SSSR count). The van der Waals surface area contributed by atoms with E-state index >= 15 is 0 Å². The van der Waals surface area contributed by atoms with E-state index in [2.05, 4.69) is 0 Å². The van der Waals surface area contributed by atoms with Crippen LogP contribution in [0.3, 0.4) is 0 Å². The highest BCUT2D eigenvalue weighted by Gasteiger charge is 2.18. The summed E-state index contributed by atoms with van der Waals surface area (Å²) in [6, 6.07) is 14.5. The monoisotopic (exact) mass is 391 g/mol. The van der Waals surface area contributed by atoms with Crippen molar-refractivity contribution >= 4 is 11.9 Å². The number of furan rings is 1. The minimum atomic E-state index is -0.579. The van der Waals surface area contributed by atoms with E-state index in [1.807, 2.05) is 48.2 Å². The molecule has 0 spiro atoms. The largest absolute Gasteiger partial charge is 0.467 e. The second-order valence-corrected chi connectivity index (χ2v) is 6.47. The number of carbonyl (C=O) groups is 2. The van der Waals surface area contributed by atoms with Crippen LogP contribution in [0, 0.1) is 18.3 Å². The van der Waals surface area contributed by atoms with Gasteiger partial charge in [0, 0.05) is 24.6 Å². The van der Waals surface area contributed by atoms with Crippen molar-refractivity contribution in [3.63, 3.8) is 0 Å². The fraction of sp³-hybridized carbons (Fsp3) is 0.227. The van der Waals surface area contributed by atoms with Crippen LogP contribution < -0.4 is 0 Å². The maximum Gasteiger partial charge on any atom is 0.338 e. The molecule has 2 heterocycles. The number of rotatable bonds is 8. The number of hydrogen-bond donors (Lipinski definition) is 0. The fourth-order valence-corrected chi connectivity index (χ4v) is 2.88. The molecule has 0 saturated carbocycles. The van der Waals surface area contributed by atoms with Crippen LogP contribution in [-0.4, -0.2) is 34.5 Å². The van der Waals surface area contributed by atoms with Crippen molar-refractivity contribution in [1.29, 1.82) is 5.26 Å². The van der Waals surface area contributed by atoms with Crippen molar-refractivity contribution in [2.24, 2.45) is 0 Å². The minimum Gasteiger partial charge on any atom is -0.467 e. The van der Waals surface area contributed by atoms with Crippen LogP contribution >= 0.6 is 0 Å². The number of amides is 1. The van der Waals surface area contributed by atoms with Crippen LogP contribution in [0.5, 0.6) is 0 Å². The summed E-state index contributed by atoms with van der Waals surface area (Å²) >= 11 is 0. The van der Waals surface area contributed by atoms with Gasteiger partial charge in [-0.3, -0.25) is 4.79 Å². The van der Waals surface area contributed by atoms with Gasteiger partial charge in [0.1, 0.15) is 5.76 Å². The molecule has 0 aliphatic heterocycles. The highest BCUT2D eigenvalue weighted by atomic mass is 16.5. The lowest BCUT2D eigenvalue weighted by Crippen LogP contribution is -2.35. The van der Waals surface area contributed by atoms with Gasteiger partial charge in [-0.15, -0.1) is 0 Å². The highest BCUT2D eigenvalue weighted by molar-refractivity contribution is 5.92. The lowest BCUT2D eigenvalue weighted by atomic mass is 10.1. The zero-order valence-corrected chi connectivity index (χ0v) is 16.1. The molecular weight excluding hydrogens is 370 g/mol. The van der Waals surface area contributed by atoms with Gasteiger partial charge >= 0.3 is 5.97 Å². The molecule has 0 unspecified atom stereocenters. The van der Waals surface area contributed by atoms with Crippen molar-refractivity contribution in [1.82, 2.24) is 9.47 Å². The van der Waals surface area contributed by atoms with Gasteiger partial charge in [-0.25, -0.2) is 4.79 Å². The number of esters is 1. The summed E-state index contributed by atoms with van der Waals surface area (Å²) in [6.07, 6.45) is 5.48. The smallest absolute Gasteiger partial charge is 0.338 e. The van der Waals surface area contributed by atoms with E-state index in [-0.39, 0.29) is 25.4 Å². The van der Waals surface area contributed by atoms with Gasteiger partial charge in [-0.1, -0.05) is 6.07 Å². The Kier molecular flexibility index (Phi) is 6.48. The van der Waals surface area contributed by atoms with Gasteiger partial charge in [0.2, 0.25) is 0 Å². The molecule has 148 valence electrons. The molecule has 2 aromatic heterocycles. The number of nitrogens with zero attached hydrogens (tertiary/aromatic N) is 3. The Morgan fingerprint density at radius 1 is 1.21 bits per heavy atom. The average Bonchev–Trinajstić information content (AvgIpc) is 3.43. The first-order valence-electron chi connectivity index (χ1n) is 9.16. The second-order valence-electron chi connectivity index (χ2n) is 6.47. The predicted molar refractivity (Wildman–Crippen MR) is 105 cm³/mol. The Morgan fingerprint density at radius 3 is 2.69 bits per heavy atom. The van der Waals surface area contributed by atoms with Gasteiger partial charge in [-0.05, 0) is 48.9 Å². The van der Waals surface area contributed by atoms with Crippen molar-refractivity contribution in [3.8, 4) is 11.8 Å². The van der Waals surface area contributed by atoms with Gasteiger partial charge in [0.25, 0.3) is 5.91 Å². The molecule has 7 heteroatoms. The average molecular weight is 391 g/mol. The number of carbonyl (C=O) groups excluding carboxylic acids is 2. The Labute approximate surface area is 168 Å². The van der Waals surface area contributed by atoms with E-state index in [1.165, 1.54) is 11.2 Å². The number of hydrogen-bond acceptors (Lipinski definition) is 5. The number of nitriles is 1. The molecule has 1 aromatic carbocycles. The van der Waals surface area contributed by atoms with Crippen LogP contribution in [0.4, 0.5) is 0 Å². The Hall–Kier alpha value is -3.79. The molecule has 0 saturated heterocycles. The molecule has 3 aromatic rings. The summed E-state index contributed by atoms with van der Waals surface area (Å²) < 4.78 is 12.4. The third-order valence-electron chi connectivity index (χ3n) is 4.43. The summed E-state index contributed by atoms with van der Waals surface area (Å²) in [6.45, 7) is 2.00. The lowest BCUT2D eigenvalue weighted by molar-refractivity contribution is -0.135. The van der Waals surface area contributed by atoms with E-state index in [4.69, 9.17) is 14.4 Å². The van der Waals surface area contributed by atoms with E-state index in [0.717, 1.165) is 11.3 Å². The van der Waals surface area contributed by atoms with E-state index < -0.39 is 12.6 Å². The predicted octanol–water partition coefficient (Wildman–Crippen LogP) is 3.48. The number of benzene rings is 1. The van der Waals surface area contributed by atoms with Gasteiger partial charge in [-0.2, -0.15) is 5.26 Å². The molecule has 0 aliphatic carbocycles. The third kappa shape index (κ3) is 5.14. The Bertz CT molecular complexity index is 1000. The molecule has 29 heavy (non-hydrogen) atoms. The number of ether oxygens (including phenoxy) is 1. The van der Waals surface area contributed by atoms with E-state index in [0.29, 0.717) is 11.3 Å². The molecule has 0 fully saturated rings. The highest BCUT2D eigenvalue weighted by Crippen LogP contribution is 2.17. The topological polar surface area (TPSA) is 88.5 Å². The summed E-state index contributed by atoms with van der Waals surface area (Å²) in [4.78, 5) is 26.4. The standard InChI is InChI=1S/C22H21N3O4/c1-17-7-8-18(14-20(17)24-10-2-3-11-24)22(27)29-16-21(26)25(12-5-9-23)15-19-6-4-13-28-19/h2-4,6-8,10-11,13-14H,5,12,15-16H2,1H3. The lowest BCUT2D eigenvalue weighted by Gasteiger charge is -2.20. The molecule has 1 amide bonds. The third-order valence-corrected chi connectivity index (χ3v) is 4.43. The number of aryl methyl sites for hydroxylation is 1. The zero-order chi connectivity index (χ0) is 20.6. The van der Waals surface area contributed by atoms with Crippen LogP contribution in [-0.2, 0) is 16.1 Å². The van der Waals surface area contributed by atoms with Crippen LogP contribution in [0.25, 0.3) is 5.69 Å². The maximum atomic E-state index is 12.5. The number of aromatic nitrogens is 1. The second kappa shape index (κ2) is 9.42. The first-order valence-corrected chi connectivity index (χ1v) is 9.16. The molecular formula is C22H21N3O4. The molecule has 7 nitrogen and oxygen atoms in total. The Morgan fingerprint density at radius 2 is 2.00 bits per heavy atom. The summed E-state index contributed by atoms with van der Waals surface area (Å²) in [5.41, 5.74) is 2.24. The summed E-state index contributed by atoms with van der Waals surface area (Å²) in [7, 11) is 0. The normalized spacial score (nSPS) is 10.3. The van der Waals surface area contributed by atoms with Gasteiger partial charge in [0.15, 0.2) is 6.61 Å². The van der Waals surface area contributed by atoms with Gasteiger partial charge in [0.05, 0.1) is 30.9 Å². The van der Waals surface area contributed by atoms with Crippen molar-refractivity contribution < 1.29 is 18.7 Å². The summed E-state index contributed by atoms with van der Waals surface area (Å²) in [5.74, 6) is -0.370. The molecule has 0 atom stereocenters. The van der Waals surface area contributed by atoms with E-state index in [1.54, 1.807) is 24.3 Å². The first kappa shape index (κ1) is 20.0. The van der Waals surface area contributed by atoms with Gasteiger partial charge < -0.3 is 18.6 Å². The quantitative estimate of drug-likeness (QED) is 0.549. The summed E-state index contributed by atoms with van der Waals surface area (Å²) in [5, 5.41) is 8.82. The van der Waals surface area contributed by atoms with Crippen molar-refractivity contribution in [3.05, 3.63) is 78.0 Å². The Balaban J connectivity index is 1.65.